The van der Waals surface area contributed by atoms with Gasteiger partial charge >= 0.3 is 12.0 Å². The number of nitrogens with one attached hydrogen (secondary N) is 1. The number of carbonyl (C=O) groups is 2. The van der Waals surface area contributed by atoms with Crippen molar-refractivity contribution >= 4 is 12.0 Å². The molecule has 1 saturated heterocycles. The van der Waals surface area contributed by atoms with Gasteiger partial charge in [0.1, 0.15) is 0 Å². The molecule has 2 N–H and O–H groups in total. The van der Waals surface area contributed by atoms with Crippen LogP contribution in [-0.4, -0.2) is 41.6 Å². The van der Waals surface area contributed by atoms with Crippen LogP contribution in [0.1, 0.15) is 32.6 Å². The zero-order valence-electron chi connectivity index (χ0n) is 10.9. The molecule has 2 amide bonds. The fourth-order valence-electron chi connectivity index (χ4n) is 2.25. The van der Waals surface area contributed by atoms with E-state index in [4.69, 9.17) is 0 Å². The number of rotatable bonds is 5. The summed E-state index contributed by atoms with van der Waals surface area (Å²) in [6.45, 7) is 7.09. The maximum absolute atomic E-state index is 11.8. The van der Waals surface area contributed by atoms with Gasteiger partial charge in [0.15, 0.2) is 0 Å². The molecule has 0 spiro atoms. The van der Waals surface area contributed by atoms with Crippen LogP contribution in [0.2, 0.25) is 0 Å². The minimum Gasteiger partial charge on any atom is -0.481 e. The molecule has 1 rings (SSSR count). The Balaban J connectivity index is 2.45. The standard InChI is InChI=1S/C13H22N2O3/c1-3-5-8-14-12(18)15-9-6-13(4-2,7-10-15)11(16)17/h3H,1,4-10H2,2H3,(H,14,18)(H,16,17). The van der Waals surface area contributed by atoms with Crippen LogP contribution in [0.4, 0.5) is 4.79 Å². The van der Waals surface area contributed by atoms with Gasteiger partial charge in [-0.1, -0.05) is 13.0 Å². The molecule has 1 aliphatic heterocycles. The zero-order chi connectivity index (χ0) is 13.6. The van der Waals surface area contributed by atoms with Crippen molar-refractivity contribution in [3.05, 3.63) is 12.7 Å². The van der Waals surface area contributed by atoms with Crippen LogP contribution in [0.25, 0.3) is 0 Å². The van der Waals surface area contributed by atoms with Crippen molar-refractivity contribution in [2.24, 2.45) is 5.41 Å². The molecule has 5 nitrogen and oxygen atoms in total. The molecular formula is C13H22N2O3. The Bertz CT molecular complexity index is 320. The fraction of sp³-hybridized carbons (Fsp3) is 0.692. The molecule has 0 unspecified atom stereocenters. The van der Waals surface area contributed by atoms with Crippen molar-refractivity contribution in [2.45, 2.75) is 32.6 Å². The van der Waals surface area contributed by atoms with Gasteiger partial charge in [0.2, 0.25) is 0 Å². The lowest BCUT2D eigenvalue weighted by atomic mass is 9.76. The summed E-state index contributed by atoms with van der Waals surface area (Å²) in [5, 5.41) is 12.1. The lowest BCUT2D eigenvalue weighted by molar-refractivity contribution is -0.151. The van der Waals surface area contributed by atoms with E-state index in [0.29, 0.717) is 38.9 Å². The van der Waals surface area contributed by atoms with Gasteiger partial charge < -0.3 is 15.3 Å². The van der Waals surface area contributed by atoms with Gasteiger partial charge in [0.05, 0.1) is 5.41 Å². The molecule has 0 aromatic carbocycles. The number of hydrogen-bond donors (Lipinski definition) is 2. The van der Waals surface area contributed by atoms with E-state index < -0.39 is 11.4 Å². The predicted molar refractivity (Wildman–Crippen MR) is 69.4 cm³/mol. The van der Waals surface area contributed by atoms with Gasteiger partial charge in [-0.15, -0.1) is 6.58 Å². The number of piperidine rings is 1. The summed E-state index contributed by atoms with van der Waals surface area (Å²) in [7, 11) is 0. The van der Waals surface area contributed by atoms with Crippen molar-refractivity contribution in [3.63, 3.8) is 0 Å². The summed E-state index contributed by atoms with van der Waals surface area (Å²) in [6, 6.07) is -0.105. The second kappa shape index (κ2) is 6.42. The molecule has 1 aliphatic rings. The number of amides is 2. The Hall–Kier alpha value is -1.52. The molecule has 0 atom stereocenters. The molecule has 5 heteroatoms. The second-order valence-electron chi connectivity index (χ2n) is 4.74. The van der Waals surface area contributed by atoms with E-state index in [1.807, 2.05) is 6.92 Å². The van der Waals surface area contributed by atoms with Crippen molar-refractivity contribution in [2.75, 3.05) is 19.6 Å². The maximum atomic E-state index is 11.8. The number of urea groups is 1. The van der Waals surface area contributed by atoms with Crippen LogP contribution in [0.5, 0.6) is 0 Å². The highest BCUT2D eigenvalue weighted by molar-refractivity contribution is 5.77. The summed E-state index contributed by atoms with van der Waals surface area (Å²) in [6.07, 6.45) is 4.19. The summed E-state index contributed by atoms with van der Waals surface area (Å²) in [5.74, 6) is -0.739. The minimum atomic E-state index is -0.739. The Morgan fingerprint density at radius 1 is 1.44 bits per heavy atom. The molecule has 1 heterocycles. The normalized spacial score (nSPS) is 18.2. The molecule has 0 aromatic rings. The number of carbonyl (C=O) groups excluding carboxylic acids is 1. The highest BCUT2D eigenvalue weighted by atomic mass is 16.4. The monoisotopic (exact) mass is 254 g/mol. The third-order valence-electron chi connectivity index (χ3n) is 3.76. The molecule has 0 radical (unpaired) electrons. The average molecular weight is 254 g/mol. The Morgan fingerprint density at radius 3 is 2.50 bits per heavy atom. The van der Waals surface area contributed by atoms with Crippen LogP contribution < -0.4 is 5.32 Å². The van der Waals surface area contributed by atoms with Crippen LogP contribution in [-0.2, 0) is 4.79 Å². The maximum Gasteiger partial charge on any atom is 0.317 e. The Labute approximate surface area is 108 Å². The zero-order valence-corrected chi connectivity index (χ0v) is 10.9. The molecule has 102 valence electrons. The van der Waals surface area contributed by atoms with Crippen molar-refractivity contribution in [1.29, 1.82) is 0 Å². The van der Waals surface area contributed by atoms with E-state index in [2.05, 4.69) is 11.9 Å². The van der Waals surface area contributed by atoms with E-state index in [9.17, 15) is 14.7 Å². The molecule has 0 saturated carbocycles. The van der Waals surface area contributed by atoms with Crippen LogP contribution in [0, 0.1) is 5.41 Å². The second-order valence-corrected chi connectivity index (χ2v) is 4.74. The van der Waals surface area contributed by atoms with E-state index in [1.165, 1.54) is 0 Å². The van der Waals surface area contributed by atoms with Crippen molar-refractivity contribution in [1.82, 2.24) is 10.2 Å². The largest absolute Gasteiger partial charge is 0.481 e. The summed E-state index contributed by atoms with van der Waals surface area (Å²) >= 11 is 0. The van der Waals surface area contributed by atoms with Crippen molar-refractivity contribution in [3.8, 4) is 0 Å². The first-order valence-corrected chi connectivity index (χ1v) is 6.43. The topological polar surface area (TPSA) is 69.6 Å². The molecule has 0 aliphatic carbocycles. The lowest BCUT2D eigenvalue weighted by Crippen LogP contribution is -2.49. The van der Waals surface area contributed by atoms with Gasteiger partial charge in [-0.3, -0.25) is 4.79 Å². The first kappa shape index (κ1) is 14.5. The number of aliphatic carboxylic acids is 1. The first-order valence-electron chi connectivity index (χ1n) is 6.43. The molecule has 18 heavy (non-hydrogen) atoms. The third-order valence-corrected chi connectivity index (χ3v) is 3.76. The molecular weight excluding hydrogens is 232 g/mol. The van der Waals surface area contributed by atoms with E-state index in [1.54, 1.807) is 11.0 Å². The summed E-state index contributed by atoms with van der Waals surface area (Å²) in [5.41, 5.74) is -0.641. The third kappa shape index (κ3) is 3.24. The van der Waals surface area contributed by atoms with E-state index >= 15 is 0 Å². The summed E-state index contributed by atoms with van der Waals surface area (Å²) in [4.78, 5) is 24.7. The van der Waals surface area contributed by atoms with Gasteiger partial charge in [-0.2, -0.15) is 0 Å². The average Bonchev–Trinajstić information content (AvgIpc) is 2.38. The SMILES string of the molecule is C=CCCNC(=O)N1CCC(CC)(C(=O)O)CC1. The van der Waals surface area contributed by atoms with Crippen LogP contribution >= 0.6 is 0 Å². The van der Waals surface area contributed by atoms with Crippen LogP contribution in [0.15, 0.2) is 12.7 Å². The highest BCUT2D eigenvalue weighted by Gasteiger charge is 2.40. The molecule has 1 fully saturated rings. The number of carboxylic acids is 1. The molecule has 0 aromatic heterocycles. The number of hydrogen-bond acceptors (Lipinski definition) is 2. The smallest absolute Gasteiger partial charge is 0.317 e. The van der Waals surface area contributed by atoms with Gasteiger partial charge in [0.25, 0.3) is 0 Å². The molecule has 0 bridgehead atoms. The highest BCUT2D eigenvalue weighted by Crippen LogP contribution is 2.35. The number of likely N-dealkylation sites (tertiary alicyclic amines) is 1. The lowest BCUT2D eigenvalue weighted by Gasteiger charge is -2.38. The number of carboxylic acid groups (broad SMARTS) is 1. The number of nitrogens with zero attached hydrogens (tertiary/aromatic N) is 1. The summed E-state index contributed by atoms with van der Waals surface area (Å²) < 4.78 is 0. The van der Waals surface area contributed by atoms with Gasteiger partial charge in [-0.25, -0.2) is 4.79 Å². The fourth-order valence-corrected chi connectivity index (χ4v) is 2.25. The quantitative estimate of drug-likeness (QED) is 0.581. The van der Waals surface area contributed by atoms with Crippen LogP contribution in [0.3, 0.4) is 0 Å². The predicted octanol–water partition coefficient (Wildman–Crippen LogP) is 1.85. The minimum absolute atomic E-state index is 0.105. The van der Waals surface area contributed by atoms with E-state index in [0.717, 1.165) is 6.42 Å². The van der Waals surface area contributed by atoms with Crippen molar-refractivity contribution < 1.29 is 14.7 Å². The Kier molecular flexibility index (Phi) is 5.19. The van der Waals surface area contributed by atoms with E-state index in [-0.39, 0.29) is 6.03 Å². The Morgan fingerprint density at radius 2 is 2.06 bits per heavy atom. The van der Waals surface area contributed by atoms with Gasteiger partial charge in [-0.05, 0) is 25.7 Å². The first-order chi connectivity index (χ1) is 8.55. The van der Waals surface area contributed by atoms with Gasteiger partial charge in [0, 0.05) is 19.6 Å².